The maximum absolute atomic E-state index is 6.27. The third-order valence-electron chi connectivity index (χ3n) is 4.81. The topological polar surface area (TPSA) is 47.5 Å². The average molecular weight is 426 g/mol. The van der Waals surface area contributed by atoms with E-state index in [9.17, 15) is 0 Å². The lowest BCUT2D eigenvalue weighted by atomic mass is 10.0. The molecule has 0 saturated carbocycles. The minimum absolute atomic E-state index is 0.232. The minimum Gasteiger partial charge on any atom is -0.493 e. The zero-order valence-corrected chi connectivity index (χ0v) is 18.1. The van der Waals surface area contributed by atoms with E-state index in [1.165, 1.54) is 0 Å². The Morgan fingerprint density at radius 3 is 2.38 bits per heavy atom. The molecule has 0 atom stereocenters. The summed E-state index contributed by atoms with van der Waals surface area (Å²) < 4.78 is 10.9. The van der Waals surface area contributed by atoms with Gasteiger partial charge in [-0.2, -0.15) is 4.98 Å². The second kappa shape index (κ2) is 7.89. The Morgan fingerprint density at radius 2 is 1.69 bits per heavy atom. The van der Waals surface area contributed by atoms with E-state index < -0.39 is 0 Å². The van der Waals surface area contributed by atoms with Crippen molar-refractivity contribution in [3.63, 3.8) is 0 Å². The predicted molar refractivity (Wildman–Crippen MR) is 120 cm³/mol. The largest absolute Gasteiger partial charge is 0.493 e. The average Bonchev–Trinajstić information content (AvgIpc) is 3.08. The van der Waals surface area contributed by atoms with Gasteiger partial charge < -0.3 is 14.4 Å². The summed E-state index contributed by atoms with van der Waals surface area (Å²) >= 11 is 7.88. The quantitative estimate of drug-likeness (QED) is 0.361. The van der Waals surface area contributed by atoms with E-state index in [4.69, 9.17) is 21.1 Å². The Morgan fingerprint density at radius 1 is 0.966 bits per heavy atom. The van der Waals surface area contributed by atoms with Crippen molar-refractivity contribution in [3.8, 4) is 22.6 Å². The van der Waals surface area contributed by atoms with Gasteiger partial charge in [0.25, 0.3) is 0 Å². The fourth-order valence-electron chi connectivity index (χ4n) is 3.42. The van der Waals surface area contributed by atoms with Gasteiger partial charge in [0.15, 0.2) is 11.5 Å². The number of para-hydroxylation sites is 1. The van der Waals surface area contributed by atoms with E-state index in [-0.39, 0.29) is 5.28 Å². The van der Waals surface area contributed by atoms with Crippen molar-refractivity contribution in [2.24, 2.45) is 0 Å². The summed E-state index contributed by atoms with van der Waals surface area (Å²) in [7, 11) is 5.25. The molecule has 0 aliphatic rings. The first-order valence-corrected chi connectivity index (χ1v) is 10.2. The third-order valence-corrected chi connectivity index (χ3v) is 5.98. The first-order chi connectivity index (χ1) is 14.0. The molecule has 0 N–H and O–H groups in total. The third kappa shape index (κ3) is 3.50. The van der Waals surface area contributed by atoms with Crippen LogP contribution in [0, 0.1) is 6.92 Å². The molecule has 7 heteroatoms. The molecule has 5 nitrogen and oxygen atoms in total. The number of benzene rings is 2. The number of aromatic nitrogens is 2. The van der Waals surface area contributed by atoms with Crippen LogP contribution in [0.5, 0.6) is 11.5 Å². The van der Waals surface area contributed by atoms with Crippen LogP contribution in [0.2, 0.25) is 5.28 Å². The van der Waals surface area contributed by atoms with Crippen molar-refractivity contribution in [3.05, 3.63) is 58.7 Å². The van der Waals surface area contributed by atoms with Crippen LogP contribution in [0.3, 0.4) is 0 Å². The number of thiophene rings is 1. The molecule has 0 amide bonds. The van der Waals surface area contributed by atoms with E-state index in [0.717, 1.165) is 37.7 Å². The number of aryl methyl sites for hydroxylation is 1. The Hall–Kier alpha value is -2.83. The van der Waals surface area contributed by atoms with Gasteiger partial charge in [-0.15, -0.1) is 11.3 Å². The molecule has 0 spiro atoms. The maximum Gasteiger partial charge on any atom is 0.225 e. The summed E-state index contributed by atoms with van der Waals surface area (Å²) in [4.78, 5) is 13.1. The standard InChI is InChI=1S/C22H20ClN3O2S/c1-13-18(14-10-11-16(27-3)17(12-14)28-4)19-20(24-22(23)25-21(19)29-13)26(2)15-8-6-5-7-9-15/h5-12H,1-4H3. The van der Waals surface area contributed by atoms with E-state index >= 15 is 0 Å². The van der Waals surface area contributed by atoms with Crippen LogP contribution in [0.15, 0.2) is 48.5 Å². The molecule has 0 aliphatic heterocycles. The highest BCUT2D eigenvalue weighted by Crippen LogP contribution is 2.45. The lowest BCUT2D eigenvalue weighted by Gasteiger charge is -2.20. The number of fused-ring (bicyclic) bond motifs is 1. The number of rotatable bonds is 5. The molecule has 0 fully saturated rings. The van der Waals surface area contributed by atoms with Gasteiger partial charge in [0.1, 0.15) is 10.6 Å². The zero-order valence-electron chi connectivity index (χ0n) is 16.6. The van der Waals surface area contributed by atoms with Gasteiger partial charge >= 0.3 is 0 Å². The molecule has 0 bridgehead atoms. The molecular formula is C22H20ClN3O2S. The Labute approximate surface area is 178 Å². The van der Waals surface area contributed by atoms with Crippen LogP contribution >= 0.6 is 22.9 Å². The van der Waals surface area contributed by atoms with Gasteiger partial charge in [-0.05, 0) is 48.4 Å². The van der Waals surface area contributed by atoms with E-state index in [2.05, 4.69) is 16.9 Å². The molecule has 2 heterocycles. The summed E-state index contributed by atoms with van der Waals surface area (Å²) in [5, 5.41) is 1.20. The number of anilines is 2. The van der Waals surface area contributed by atoms with Crippen LogP contribution in [-0.4, -0.2) is 31.2 Å². The SMILES string of the molecule is COc1ccc(-c2c(C)sc3nc(Cl)nc(N(C)c4ccccc4)c23)cc1OC. The molecule has 148 valence electrons. The monoisotopic (exact) mass is 425 g/mol. The van der Waals surface area contributed by atoms with Gasteiger partial charge in [-0.25, -0.2) is 4.98 Å². The Bertz CT molecular complexity index is 1180. The van der Waals surface area contributed by atoms with Gasteiger partial charge in [-0.3, -0.25) is 0 Å². The smallest absolute Gasteiger partial charge is 0.225 e. The summed E-state index contributed by atoms with van der Waals surface area (Å²) in [6.07, 6.45) is 0. The lowest BCUT2D eigenvalue weighted by molar-refractivity contribution is 0.355. The number of nitrogens with zero attached hydrogens (tertiary/aromatic N) is 3. The molecule has 2 aromatic heterocycles. The molecule has 0 saturated heterocycles. The molecule has 0 unspecified atom stereocenters. The van der Waals surface area contributed by atoms with Crippen molar-refractivity contribution in [1.82, 2.24) is 9.97 Å². The van der Waals surface area contributed by atoms with Gasteiger partial charge in [-0.1, -0.05) is 24.3 Å². The number of methoxy groups -OCH3 is 2. The highest BCUT2D eigenvalue weighted by atomic mass is 35.5. The lowest BCUT2D eigenvalue weighted by Crippen LogP contribution is -2.12. The number of halogens is 1. The summed E-state index contributed by atoms with van der Waals surface area (Å²) in [5.41, 5.74) is 3.10. The molecule has 4 rings (SSSR count). The second-order valence-corrected chi connectivity index (χ2v) is 8.04. The second-order valence-electron chi connectivity index (χ2n) is 6.49. The van der Waals surface area contributed by atoms with Crippen LogP contribution in [0.25, 0.3) is 21.3 Å². The van der Waals surface area contributed by atoms with Crippen molar-refractivity contribution < 1.29 is 9.47 Å². The van der Waals surface area contributed by atoms with Crippen LogP contribution < -0.4 is 14.4 Å². The first-order valence-electron chi connectivity index (χ1n) is 9.01. The predicted octanol–water partition coefficient (Wildman–Crippen LogP) is 6.11. The van der Waals surface area contributed by atoms with Gasteiger partial charge in [0.2, 0.25) is 5.28 Å². The van der Waals surface area contributed by atoms with Crippen LogP contribution in [0.4, 0.5) is 11.5 Å². The molecule has 2 aromatic carbocycles. The fraction of sp³-hybridized carbons (Fsp3) is 0.182. The summed E-state index contributed by atoms with van der Waals surface area (Å²) in [6, 6.07) is 16.0. The molecule has 0 radical (unpaired) electrons. The van der Waals surface area contributed by atoms with Crippen molar-refractivity contribution >= 4 is 44.7 Å². The van der Waals surface area contributed by atoms with Gasteiger partial charge in [0.05, 0.1) is 19.6 Å². The summed E-state index contributed by atoms with van der Waals surface area (Å²) in [6.45, 7) is 2.08. The van der Waals surface area contributed by atoms with Crippen molar-refractivity contribution in [2.45, 2.75) is 6.92 Å². The molecular weight excluding hydrogens is 406 g/mol. The van der Waals surface area contributed by atoms with E-state index in [1.807, 2.05) is 60.5 Å². The number of hydrogen-bond donors (Lipinski definition) is 0. The summed E-state index contributed by atoms with van der Waals surface area (Å²) in [5.74, 6) is 2.13. The zero-order chi connectivity index (χ0) is 20.5. The first kappa shape index (κ1) is 19.5. The van der Waals surface area contributed by atoms with Crippen LogP contribution in [-0.2, 0) is 0 Å². The van der Waals surface area contributed by atoms with Crippen molar-refractivity contribution in [1.29, 1.82) is 0 Å². The molecule has 0 aliphatic carbocycles. The normalized spacial score (nSPS) is 10.9. The Balaban J connectivity index is 1.98. The van der Waals surface area contributed by atoms with E-state index in [1.54, 1.807) is 25.6 Å². The van der Waals surface area contributed by atoms with Crippen molar-refractivity contribution in [2.75, 3.05) is 26.2 Å². The minimum atomic E-state index is 0.232. The fourth-order valence-corrected chi connectivity index (χ4v) is 4.68. The molecule has 29 heavy (non-hydrogen) atoms. The number of ether oxygens (including phenoxy) is 2. The highest BCUT2D eigenvalue weighted by Gasteiger charge is 2.22. The highest BCUT2D eigenvalue weighted by molar-refractivity contribution is 7.19. The molecule has 4 aromatic rings. The number of hydrogen-bond acceptors (Lipinski definition) is 6. The van der Waals surface area contributed by atoms with Crippen LogP contribution in [0.1, 0.15) is 4.88 Å². The van der Waals surface area contributed by atoms with E-state index in [0.29, 0.717) is 11.5 Å². The maximum atomic E-state index is 6.27. The Kier molecular flexibility index (Phi) is 5.30. The van der Waals surface area contributed by atoms with Gasteiger partial charge in [0, 0.05) is 23.2 Å².